The van der Waals surface area contributed by atoms with Crippen LogP contribution in [0.5, 0.6) is 0 Å². The number of urea groups is 1. The summed E-state index contributed by atoms with van der Waals surface area (Å²) in [4.78, 5) is 36.6. The van der Waals surface area contributed by atoms with E-state index < -0.39 is 29.3 Å². The monoisotopic (exact) mass is 506 g/mol. The van der Waals surface area contributed by atoms with Gasteiger partial charge in [-0.25, -0.2) is 22.9 Å². The van der Waals surface area contributed by atoms with Gasteiger partial charge in [0, 0.05) is 49.2 Å². The van der Waals surface area contributed by atoms with Crippen LogP contribution in [0.4, 0.5) is 35.2 Å². The fourth-order valence-corrected chi connectivity index (χ4v) is 4.04. The van der Waals surface area contributed by atoms with E-state index in [-0.39, 0.29) is 22.5 Å². The van der Waals surface area contributed by atoms with Crippen molar-refractivity contribution in [3.8, 4) is 0 Å². The van der Waals surface area contributed by atoms with Crippen molar-refractivity contribution in [2.24, 2.45) is 0 Å². The summed E-state index contributed by atoms with van der Waals surface area (Å²) < 4.78 is 41.4. The van der Waals surface area contributed by atoms with Crippen molar-refractivity contribution in [1.29, 1.82) is 0 Å². The Labute approximate surface area is 209 Å². The third kappa shape index (κ3) is 5.51. The van der Waals surface area contributed by atoms with Gasteiger partial charge in [-0.3, -0.25) is 9.78 Å². The number of aromatic nitrogens is 2. The van der Waals surface area contributed by atoms with Crippen LogP contribution in [0.3, 0.4) is 0 Å². The molecule has 0 spiro atoms. The van der Waals surface area contributed by atoms with Crippen molar-refractivity contribution in [2.75, 3.05) is 41.7 Å². The zero-order chi connectivity index (χ0) is 25.9. The number of amides is 2. The summed E-state index contributed by atoms with van der Waals surface area (Å²) in [7, 11) is 0. The van der Waals surface area contributed by atoms with E-state index in [4.69, 9.17) is 0 Å². The van der Waals surface area contributed by atoms with Gasteiger partial charge < -0.3 is 20.9 Å². The summed E-state index contributed by atoms with van der Waals surface area (Å²) >= 11 is 0. The van der Waals surface area contributed by atoms with Gasteiger partial charge in [-0.1, -0.05) is 0 Å². The third-order valence-corrected chi connectivity index (χ3v) is 5.82. The van der Waals surface area contributed by atoms with Crippen molar-refractivity contribution >= 4 is 40.0 Å². The number of nitrogens with one attached hydrogen (secondary N) is 3. The number of piperazine rings is 1. The topological polar surface area (TPSA) is 99.2 Å². The third-order valence-electron chi connectivity index (χ3n) is 5.82. The number of fused-ring (bicyclic) bond motifs is 1. The van der Waals surface area contributed by atoms with Crippen molar-refractivity contribution in [2.45, 2.75) is 0 Å². The zero-order valence-electron chi connectivity index (χ0n) is 19.4. The first-order chi connectivity index (χ1) is 17.9. The summed E-state index contributed by atoms with van der Waals surface area (Å²) in [5.41, 5.74) is 1.04. The molecule has 5 rings (SSSR count). The molecule has 1 aliphatic heterocycles. The molecule has 3 N–H and O–H groups in total. The van der Waals surface area contributed by atoms with E-state index in [1.54, 1.807) is 18.3 Å². The maximum atomic E-state index is 14.6. The fraction of sp³-hybridized carbons (Fsp3) is 0.154. The molecule has 1 aliphatic rings. The minimum Gasteiger partial charge on any atom is -0.353 e. The van der Waals surface area contributed by atoms with Crippen molar-refractivity contribution in [3.63, 3.8) is 0 Å². The van der Waals surface area contributed by atoms with Crippen LogP contribution >= 0.6 is 0 Å². The van der Waals surface area contributed by atoms with E-state index in [1.807, 2.05) is 0 Å². The van der Waals surface area contributed by atoms with Gasteiger partial charge in [-0.2, -0.15) is 0 Å². The van der Waals surface area contributed by atoms with Gasteiger partial charge in [0.2, 0.25) is 0 Å². The standard InChI is InChI=1S/C26H21F3N6O2/c27-16-10-17(28)12-19(11-16)33-26(37)32-18-2-3-21(29)20(13-18)25(36)15-1-4-22-23(9-15)34-24(14-31-22)35-7-5-30-6-8-35/h1-4,9-14,30H,5-8H2,(H2,32,33,37). The molecule has 0 aliphatic carbocycles. The second-order valence-electron chi connectivity index (χ2n) is 8.43. The molecule has 2 heterocycles. The summed E-state index contributed by atoms with van der Waals surface area (Å²) in [6.07, 6.45) is 1.69. The first kappa shape index (κ1) is 24.2. The second kappa shape index (κ2) is 10.2. The Morgan fingerprint density at radius 3 is 2.32 bits per heavy atom. The molecule has 188 valence electrons. The lowest BCUT2D eigenvalue weighted by molar-refractivity contribution is 0.103. The van der Waals surface area contributed by atoms with Crippen molar-refractivity contribution in [3.05, 3.63) is 89.4 Å². The molecular weight excluding hydrogens is 485 g/mol. The normalized spacial score (nSPS) is 13.4. The Morgan fingerprint density at radius 1 is 0.838 bits per heavy atom. The Bertz CT molecular complexity index is 1490. The molecule has 11 heteroatoms. The van der Waals surface area contributed by atoms with Gasteiger partial charge in [0.05, 0.1) is 22.8 Å². The molecule has 0 bridgehead atoms. The van der Waals surface area contributed by atoms with Crippen LogP contribution in [0.25, 0.3) is 11.0 Å². The molecule has 3 aromatic carbocycles. The molecule has 4 aromatic rings. The van der Waals surface area contributed by atoms with Crippen LogP contribution in [0.15, 0.2) is 60.8 Å². The van der Waals surface area contributed by atoms with E-state index in [9.17, 15) is 22.8 Å². The number of ketones is 1. The number of benzene rings is 3. The number of hydrogen-bond donors (Lipinski definition) is 3. The molecule has 2 amide bonds. The average molecular weight is 506 g/mol. The molecule has 1 fully saturated rings. The van der Waals surface area contributed by atoms with Crippen LogP contribution < -0.4 is 20.9 Å². The molecule has 0 unspecified atom stereocenters. The fourth-order valence-electron chi connectivity index (χ4n) is 4.04. The van der Waals surface area contributed by atoms with Crippen LogP contribution in [0.1, 0.15) is 15.9 Å². The summed E-state index contributed by atoms with van der Waals surface area (Å²) in [6, 6.07) is 9.98. The highest BCUT2D eigenvalue weighted by molar-refractivity contribution is 6.11. The summed E-state index contributed by atoms with van der Waals surface area (Å²) in [6.45, 7) is 3.23. The highest BCUT2D eigenvalue weighted by Gasteiger charge is 2.18. The maximum Gasteiger partial charge on any atom is 0.323 e. The van der Waals surface area contributed by atoms with Crippen LogP contribution in [-0.4, -0.2) is 48.0 Å². The minimum absolute atomic E-state index is 0.106. The average Bonchev–Trinajstić information content (AvgIpc) is 2.88. The largest absolute Gasteiger partial charge is 0.353 e. The molecule has 37 heavy (non-hydrogen) atoms. The van der Waals surface area contributed by atoms with Crippen molar-refractivity contribution in [1.82, 2.24) is 15.3 Å². The second-order valence-corrected chi connectivity index (χ2v) is 8.43. The molecule has 0 saturated carbocycles. The Morgan fingerprint density at radius 2 is 1.57 bits per heavy atom. The number of anilines is 3. The smallest absolute Gasteiger partial charge is 0.323 e. The quantitative estimate of drug-likeness (QED) is 0.349. The summed E-state index contributed by atoms with van der Waals surface area (Å²) in [5, 5.41) is 7.99. The summed E-state index contributed by atoms with van der Waals surface area (Å²) in [5.74, 6) is -2.40. The van der Waals surface area contributed by atoms with Gasteiger partial charge in [0.25, 0.3) is 0 Å². The number of carbonyl (C=O) groups excluding carboxylic acids is 2. The first-order valence-corrected chi connectivity index (χ1v) is 11.5. The predicted molar refractivity (Wildman–Crippen MR) is 133 cm³/mol. The van der Waals surface area contributed by atoms with Gasteiger partial charge in [0.1, 0.15) is 23.3 Å². The van der Waals surface area contributed by atoms with E-state index >= 15 is 0 Å². The highest BCUT2D eigenvalue weighted by Crippen LogP contribution is 2.23. The number of halogens is 3. The zero-order valence-corrected chi connectivity index (χ0v) is 19.4. The SMILES string of the molecule is O=C(Nc1cc(F)cc(F)c1)Nc1ccc(F)c(C(=O)c2ccc3ncc(N4CCNCC4)nc3c2)c1. The lowest BCUT2D eigenvalue weighted by Gasteiger charge is -2.28. The molecule has 1 aromatic heterocycles. The van der Waals surface area contributed by atoms with Gasteiger partial charge >= 0.3 is 6.03 Å². The van der Waals surface area contributed by atoms with Crippen LogP contribution in [0.2, 0.25) is 0 Å². The van der Waals surface area contributed by atoms with E-state index in [2.05, 4.69) is 30.8 Å². The minimum atomic E-state index is -0.856. The van der Waals surface area contributed by atoms with E-state index in [1.165, 1.54) is 18.2 Å². The lowest BCUT2D eigenvalue weighted by atomic mass is 10.0. The Kier molecular flexibility index (Phi) is 6.69. The van der Waals surface area contributed by atoms with Gasteiger partial charge in [0.15, 0.2) is 5.78 Å². The Hall–Kier alpha value is -4.51. The van der Waals surface area contributed by atoms with Crippen LogP contribution in [-0.2, 0) is 0 Å². The maximum absolute atomic E-state index is 14.6. The molecule has 8 nitrogen and oxygen atoms in total. The number of hydrogen-bond acceptors (Lipinski definition) is 6. The number of carbonyl (C=O) groups is 2. The lowest BCUT2D eigenvalue weighted by Crippen LogP contribution is -2.43. The Balaban J connectivity index is 1.36. The van der Waals surface area contributed by atoms with E-state index in [0.29, 0.717) is 22.9 Å². The van der Waals surface area contributed by atoms with E-state index in [0.717, 1.165) is 44.4 Å². The molecular formula is C26H21F3N6O2. The first-order valence-electron chi connectivity index (χ1n) is 11.5. The predicted octanol–water partition coefficient (Wildman–Crippen LogP) is 4.33. The van der Waals surface area contributed by atoms with Gasteiger partial charge in [-0.05, 0) is 48.5 Å². The van der Waals surface area contributed by atoms with Crippen LogP contribution in [0, 0.1) is 17.5 Å². The highest BCUT2D eigenvalue weighted by atomic mass is 19.1. The molecule has 1 saturated heterocycles. The van der Waals surface area contributed by atoms with Gasteiger partial charge in [-0.15, -0.1) is 0 Å². The number of rotatable bonds is 5. The molecule has 0 atom stereocenters. The number of nitrogens with zero attached hydrogens (tertiary/aromatic N) is 3. The van der Waals surface area contributed by atoms with Crippen molar-refractivity contribution < 1.29 is 22.8 Å². The molecule has 0 radical (unpaired) electrons.